The molecule has 0 saturated heterocycles. The van der Waals surface area contributed by atoms with Crippen LogP contribution < -0.4 is 4.48 Å². The number of hydrogen-bond acceptors (Lipinski definition) is 3. The molecule has 0 atom stereocenters. The summed E-state index contributed by atoms with van der Waals surface area (Å²) in [4.78, 5) is 0. The molecule has 0 N–H and O–H groups in total. The van der Waals surface area contributed by atoms with Crippen molar-refractivity contribution in [3.05, 3.63) is 29.8 Å². The van der Waals surface area contributed by atoms with Crippen molar-refractivity contribution in [1.82, 2.24) is 4.48 Å². The first-order chi connectivity index (χ1) is 8.79. The highest BCUT2D eigenvalue weighted by molar-refractivity contribution is 7.86. The molecule has 0 radical (unpaired) electrons. The van der Waals surface area contributed by atoms with Crippen molar-refractivity contribution in [1.29, 1.82) is 0 Å². The van der Waals surface area contributed by atoms with Gasteiger partial charge in [-0.05, 0) is 12.1 Å². The molecule has 4 nitrogen and oxygen atoms in total. The van der Waals surface area contributed by atoms with Crippen molar-refractivity contribution in [3.8, 4) is 12.3 Å². The third-order valence-corrected chi connectivity index (χ3v) is 2.64. The van der Waals surface area contributed by atoms with Crippen LogP contribution in [0.5, 0.6) is 0 Å². The molecule has 1 rings (SSSR count). The number of terminal acetylenes is 1. The van der Waals surface area contributed by atoms with E-state index in [2.05, 4.69) is 33.1 Å². The maximum absolute atomic E-state index is 10.7. The van der Waals surface area contributed by atoms with Gasteiger partial charge in [0.25, 0.3) is 0 Å². The van der Waals surface area contributed by atoms with E-state index < -0.39 is 15.6 Å². The molecule has 0 fully saturated rings. The Morgan fingerprint density at radius 2 is 1.70 bits per heavy atom. The van der Waals surface area contributed by atoms with E-state index in [-0.39, 0.29) is 0 Å². The summed E-state index contributed by atoms with van der Waals surface area (Å²) < 4.78 is 59.7. The molecular weight excluding hydrogens is 295 g/mol. The molecule has 1 aromatic carbocycles. The van der Waals surface area contributed by atoms with Crippen LogP contribution in [-0.4, -0.2) is 39.6 Å². The highest BCUT2D eigenvalue weighted by atomic mass is 32.2. The molecular formula is C12H14F3NO3S. The third kappa shape index (κ3) is 6.06. The first kappa shape index (κ1) is 18.4. The van der Waals surface area contributed by atoms with Crippen LogP contribution in [-0.2, 0) is 10.1 Å². The maximum Gasteiger partial charge on any atom is 0.485 e. The van der Waals surface area contributed by atoms with Crippen LogP contribution in [0, 0.1) is 12.3 Å². The molecule has 8 heteroatoms. The second kappa shape index (κ2) is 6.26. The van der Waals surface area contributed by atoms with E-state index in [0.29, 0.717) is 0 Å². The van der Waals surface area contributed by atoms with E-state index in [9.17, 15) is 13.2 Å². The summed E-state index contributed by atoms with van der Waals surface area (Å²) in [7, 11) is 0.272. The van der Waals surface area contributed by atoms with Gasteiger partial charge in [-0.15, -0.1) is 6.42 Å². The van der Waals surface area contributed by atoms with Gasteiger partial charge in [0.05, 0.1) is 21.1 Å². The Hall–Kier alpha value is -1.56. The Kier molecular flexibility index (Phi) is 5.77. The van der Waals surface area contributed by atoms with Crippen molar-refractivity contribution >= 4 is 15.8 Å². The summed E-state index contributed by atoms with van der Waals surface area (Å²) in [6.45, 7) is 0. The zero-order valence-corrected chi connectivity index (χ0v) is 11.9. The van der Waals surface area contributed by atoms with Gasteiger partial charge < -0.3 is 4.55 Å². The first-order valence-corrected chi connectivity index (χ1v) is 6.60. The Bertz CT molecular complexity index is 596. The molecule has 0 amide bonds. The lowest BCUT2D eigenvalue weighted by Crippen LogP contribution is -2.34. The van der Waals surface area contributed by atoms with Gasteiger partial charge in [-0.2, -0.15) is 13.2 Å². The molecule has 0 aromatic heterocycles. The zero-order chi connectivity index (χ0) is 16.2. The fraction of sp³-hybridized carbons (Fsp3) is 0.333. The molecule has 0 unspecified atom stereocenters. The predicted molar refractivity (Wildman–Crippen MR) is 69.7 cm³/mol. The largest absolute Gasteiger partial charge is 0.741 e. The average molecular weight is 309 g/mol. The quantitative estimate of drug-likeness (QED) is 0.345. The van der Waals surface area contributed by atoms with Crippen molar-refractivity contribution < 1.29 is 26.1 Å². The lowest BCUT2D eigenvalue weighted by atomic mass is 10.2. The standard InChI is InChI=1S/C11H14N.CHF3O3S/c1-5-10-7-6-8-11(9-10)12(2,3)4;2-1(3,4)8(5,6)7/h1,6-9H,2-4H3;(H,5,6,7)/q+1;/p-1. The van der Waals surface area contributed by atoms with E-state index in [1.165, 1.54) is 5.69 Å². The number of alkyl halides is 3. The SMILES string of the molecule is C#Cc1cccc([N+](C)(C)C)c1.O=S(=O)([O-])C(F)(F)F. The van der Waals surface area contributed by atoms with Gasteiger partial charge in [0.15, 0.2) is 10.1 Å². The van der Waals surface area contributed by atoms with Crippen LogP contribution in [0.15, 0.2) is 24.3 Å². The lowest BCUT2D eigenvalue weighted by Gasteiger charge is -2.23. The second-order valence-electron chi connectivity index (χ2n) is 4.61. The smallest absolute Gasteiger partial charge is 0.485 e. The number of hydrogen-bond donors (Lipinski definition) is 0. The van der Waals surface area contributed by atoms with Crippen LogP contribution in [0.25, 0.3) is 0 Å². The Morgan fingerprint density at radius 1 is 1.25 bits per heavy atom. The minimum absolute atomic E-state index is 0.801. The first-order valence-electron chi connectivity index (χ1n) is 5.20. The highest BCUT2D eigenvalue weighted by Crippen LogP contribution is 2.20. The molecule has 0 saturated carbocycles. The van der Waals surface area contributed by atoms with Crippen LogP contribution in [0.3, 0.4) is 0 Å². The molecule has 0 aliphatic carbocycles. The van der Waals surface area contributed by atoms with Crippen LogP contribution >= 0.6 is 0 Å². The maximum atomic E-state index is 10.7. The zero-order valence-electron chi connectivity index (χ0n) is 11.1. The normalized spacial score (nSPS) is 12.1. The molecule has 0 spiro atoms. The van der Waals surface area contributed by atoms with Gasteiger partial charge in [-0.1, -0.05) is 12.0 Å². The van der Waals surface area contributed by atoms with Crippen LogP contribution in [0.2, 0.25) is 0 Å². The van der Waals surface area contributed by atoms with Crippen molar-refractivity contribution in [2.45, 2.75) is 5.51 Å². The number of benzene rings is 1. The van der Waals surface area contributed by atoms with Crippen LogP contribution in [0.4, 0.5) is 18.9 Å². The summed E-state index contributed by atoms with van der Waals surface area (Å²) in [5, 5.41) is 0. The summed E-state index contributed by atoms with van der Waals surface area (Å²) in [5.41, 5.74) is -3.47. The van der Waals surface area contributed by atoms with Gasteiger partial charge in [0.2, 0.25) is 0 Å². The average Bonchev–Trinajstić information content (AvgIpc) is 2.26. The fourth-order valence-corrected chi connectivity index (χ4v) is 1.01. The van der Waals surface area contributed by atoms with Gasteiger partial charge in [-0.3, -0.25) is 4.48 Å². The highest BCUT2D eigenvalue weighted by Gasteiger charge is 2.36. The molecule has 112 valence electrons. The molecule has 0 heterocycles. The number of quaternary nitrogens is 1. The molecule has 0 aliphatic rings. The van der Waals surface area contributed by atoms with Crippen molar-refractivity contribution in [2.75, 3.05) is 21.1 Å². The molecule has 0 aliphatic heterocycles. The minimum Gasteiger partial charge on any atom is -0.741 e. The summed E-state index contributed by atoms with van der Waals surface area (Å²) in [5.74, 6) is 2.63. The molecule has 0 bridgehead atoms. The van der Waals surface area contributed by atoms with E-state index in [0.717, 1.165) is 10.0 Å². The van der Waals surface area contributed by atoms with Gasteiger partial charge in [0.1, 0.15) is 5.69 Å². The molecule has 1 aromatic rings. The second-order valence-corrected chi connectivity index (χ2v) is 5.98. The van der Waals surface area contributed by atoms with E-state index in [4.69, 9.17) is 19.4 Å². The monoisotopic (exact) mass is 309 g/mol. The van der Waals surface area contributed by atoms with Crippen molar-refractivity contribution in [2.24, 2.45) is 0 Å². The van der Waals surface area contributed by atoms with E-state index >= 15 is 0 Å². The summed E-state index contributed by atoms with van der Waals surface area (Å²) >= 11 is 0. The number of halogens is 3. The van der Waals surface area contributed by atoms with Gasteiger partial charge in [-0.25, -0.2) is 8.42 Å². The van der Waals surface area contributed by atoms with E-state index in [1.54, 1.807) is 0 Å². The van der Waals surface area contributed by atoms with Crippen LogP contribution in [0.1, 0.15) is 5.56 Å². The number of rotatable bonds is 1. The van der Waals surface area contributed by atoms with Crippen molar-refractivity contribution in [3.63, 3.8) is 0 Å². The topological polar surface area (TPSA) is 57.2 Å². The third-order valence-electron chi connectivity index (χ3n) is 2.07. The Balaban J connectivity index is 0.000000396. The lowest BCUT2D eigenvalue weighted by molar-refractivity contribution is -0.0517. The fourth-order valence-electron chi connectivity index (χ4n) is 1.01. The van der Waals surface area contributed by atoms with Gasteiger partial charge >= 0.3 is 5.51 Å². The predicted octanol–water partition coefficient (Wildman–Crippen LogP) is 1.92. The Morgan fingerprint density at radius 3 is 2.00 bits per heavy atom. The summed E-state index contributed by atoms with van der Waals surface area (Å²) in [6.07, 6.45) is 5.31. The summed E-state index contributed by atoms with van der Waals surface area (Å²) in [6, 6.07) is 8.06. The minimum atomic E-state index is -6.09. The molecule has 20 heavy (non-hydrogen) atoms. The Labute approximate surface area is 116 Å². The van der Waals surface area contributed by atoms with Gasteiger partial charge in [0, 0.05) is 11.6 Å². The number of nitrogens with zero attached hydrogens (tertiary/aromatic N) is 1. The van der Waals surface area contributed by atoms with E-state index in [1.807, 2.05) is 18.2 Å².